The number of ketones is 1. The van der Waals surface area contributed by atoms with E-state index in [0.29, 0.717) is 28.1 Å². The van der Waals surface area contributed by atoms with Crippen LogP contribution in [0.3, 0.4) is 0 Å². The average Bonchev–Trinajstić information content (AvgIpc) is 3.39. The molecule has 1 aliphatic rings. The molecule has 1 amide bonds. The molecule has 0 saturated carbocycles. The lowest BCUT2D eigenvalue weighted by molar-refractivity contribution is -0.117. The largest absolute Gasteiger partial charge is 0.503 e. The number of benzene rings is 2. The zero-order valence-corrected chi connectivity index (χ0v) is 19.8. The molecule has 0 saturated heterocycles. The van der Waals surface area contributed by atoms with Crippen molar-refractivity contribution in [3.05, 3.63) is 88.1 Å². The number of aliphatic hydroxyl groups excluding tert-OH is 1. The first-order valence-electron chi connectivity index (χ1n) is 11.1. The lowest BCUT2D eigenvalue weighted by Crippen LogP contribution is -2.30. The van der Waals surface area contributed by atoms with Crippen molar-refractivity contribution in [3.8, 4) is 5.75 Å². The number of anilines is 1. The monoisotopic (exact) mass is 475 g/mol. The Labute approximate surface area is 202 Å². The van der Waals surface area contributed by atoms with Crippen molar-refractivity contribution in [3.63, 3.8) is 0 Å². The molecule has 7 nitrogen and oxygen atoms in total. The number of hydrogen-bond donors (Lipinski definition) is 1. The Hall–Kier alpha value is -3.78. The summed E-state index contributed by atoms with van der Waals surface area (Å²) in [6.45, 7) is 4.49. The zero-order valence-electron chi connectivity index (χ0n) is 19.0. The molecule has 174 valence electrons. The van der Waals surface area contributed by atoms with E-state index in [1.165, 1.54) is 22.3 Å². The predicted octanol–water partition coefficient (Wildman–Crippen LogP) is 5.21. The molecular formula is C26H25N3O4S. The molecule has 0 fully saturated rings. The molecule has 0 bridgehead atoms. The van der Waals surface area contributed by atoms with Crippen molar-refractivity contribution in [1.82, 2.24) is 10.2 Å². The number of amides is 1. The summed E-state index contributed by atoms with van der Waals surface area (Å²) in [5, 5.41) is 19.8. The lowest BCUT2D eigenvalue weighted by atomic mass is 9.95. The summed E-state index contributed by atoms with van der Waals surface area (Å²) < 4.78 is 5.74. The average molecular weight is 476 g/mol. The summed E-state index contributed by atoms with van der Waals surface area (Å²) in [5.74, 6) is -1.01. The topological polar surface area (TPSA) is 92.6 Å². The Bertz CT molecular complexity index is 1230. The molecule has 1 aliphatic heterocycles. The fraction of sp³-hybridized carbons (Fsp3) is 0.231. The molecule has 34 heavy (non-hydrogen) atoms. The predicted molar refractivity (Wildman–Crippen MR) is 132 cm³/mol. The molecule has 0 aliphatic carbocycles. The Balaban J connectivity index is 1.70. The van der Waals surface area contributed by atoms with Crippen LogP contribution in [-0.2, 0) is 9.59 Å². The lowest BCUT2D eigenvalue weighted by Gasteiger charge is -2.24. The minimum absolute atomic E-state index is 0.00434. The van der Waals surface area contributed by atoms with E-state index in [2.05, 4.69) is 17.1 Å². The number of carbonyl (C=O) groups is 2. The Morgan fingerprint density at radius 2 is 1.88 bits per heavy atom. The van der Waals surface area contributed by atoms with Crippen molar-refractivity contribution in [2.24, 2.45) is 0 Å². The molecule has 0 spiro atoms. The van der Waals surface area contributed by atoms with Crippen molar-refractivity contribution >= 4 is 34.2 Å². The molecule has 8 heteroatoms. The van der Waals surface area contributed by atoms with Gasteiger partial charge in [0.05, 0.1) is 18.2 Å². The summed E-state index contributed by atoms with van der Waals surface area (Å²) in [4.78, 5) is 27.7. The highest BCUT2D eigenvalue weighted by Crippen LogP contribution is 2.42. The second-order valence-electron chi connectivity index (χ2n) is 7.82. The quantitative estimate of drug-likeness (QED) is 0.337. The molecule has 1 aromatic heterocycles. The van der Waals surface area contributed by atoms with Crippen LogP contribution >= 0.6 is 11.3 Å². The van der Waals surface area contributed by atoms with Crippen molar-refractivity contribution < 1.29 is 19.4 Å². The summed E-state index contributed by atoms with van der Waals surface area (Å²) in [7, 11) is 0. The van der Waals surface area contributed by atoms with Gasteiger partial charge < -0.3 is 9.84 Å². The molecule has 1 atom stereocenters. The van der Waals surface area contributed by atoms with Crippen LogP contribution in [-0.4, -0.2) is 33.6 Å². The highest BCUT2D eigenvalue weighted by Gasteiger charge is 2.45. The molecule has 2 heterocycles. The minimum Gasteiger partial charge on any atom is -0.503 e. The van der Waals surface area contributed by atoms with Gasteiger partial charge in [0.1, 0.15) is 10.8 Å². The van der Waals surface area contributed by atoms with Gasteiger partial charge in [0.15, 0.2) is 11.5 Å². The third-order valence-corrected chi connectivity index (χ3v) is 6.22. The molecule has 4 rings (SSSR count). The SMILES string of the molecule is CCCCOc1ccc(C2C(C(=O)/C=C/c3ccccc3)=C(O)C(=O)N2c2nnc(C)s2)cc1. The standard InChI is InChI=1S/C26H25N3O4S/c1-3-4-16-33-20-13-11-19(12-14-20)23-22(21(30)15-10-18-8-6-5-7-9-18)24(31)25(32)29(23)26-28-27-17(2)34-26/h5-15,23,31H,3-4,16H2,1-2H3/b15-10+. The number of hydrogen-bond acceptors (Lipinski definition) is 7. The van der Waals surface area contributed by atoms with E-state index in [4.69, 9.17) is 4.74 Å². The Kier molecular flexibility index (Phi) is 7.18. The van der Waals surface area contributed by atoms with Gasteiger partial charge in [-0.05, 0) is 42.7 Å². The van der Waals surface area contributed by atoms with E-state index in [1.807, 2.05) is 30.3 Å². The van der Waals surface area contributed by atoms with E-state index >= 15 is 0 Å². The van der Waals surface area contributed by atoms with E-state index in [0.717, 1.165) is 18.4 Å². The van der Waals surface area contributed by atoms with E-state index in [9.17, 15) is 14.7 Å². The van der Waals surface area contributed by atoms with Crippen LogP contribution in [0.2, 0.25) is 0 Å². The van der Waals surface area contributed by atoms with Crippen LogP contribution < -0.4 is 9.64 Å². The van der Waals surface area contributed by atoms with Crippen LogP contribution in [0.25, 0.3) is 6.08 Å². The molecule has 2 aromatic carbocycles. The number of unbranched alkanes of at least 4 members (excludes halogenated alkanes) is 1. The number of rotatable bonds is 9. The van der Waals surface area contributed by atoms with Crippen LogP contribution in [0.4, 0.5) is 5.13 Å². The van der Waals surface area contributed by atoms with Gasteiger partial charge in [-0.25, -0.2) is 0 Å². The summed E-state index contributed by atoms with van der Waals surface area (Å²) >= 11 is 1.22. The highest BCUT2D eigenvalue weighted by molar-refractivity contribution is 7.15. The Morgan fingerprint density at radius 3 is 2.53 bits per heavy atom. The van der Waals surface area contributed by atoms with Crippen LogP contribution in [0.5, 0.6) is 5.75 Å². The number of nitrogens with zero attached hydrogens (tertiary/aromatic N) is 3. The normalized spacial score (nSPS) is 16.0. The van der Waals surface area contributed by atoms with E-state index in [1.54, 1.807) is 37.3 Å². The first-order valence-corrected chi connectivity index (χ1v) is 11.9. The van der Waals surface area contributed by atoms with Gasteiger partial charge in [0.25, 0.3) is 5.91 Å². The fourth-order valence-corrected chi connectivity index (χ4v) is 4.37. The van der Waals surface area contributed by atoms with E-state index in [-0.39, 0.29) is 5.57 Å². The van der Waals surface area contributed by atoms with Crippen LogP contribution in [0.1, 0.15) is 41.9 Å². The van der Waals surface area contributed by atoms with Crippen LogP contribution in [0, 0.1) is 6.92 Å². The molecule has 1 unspecified atom stereocenters. The maximum absolute atomic E-state index is 13.2. The number of carbonyl (C=O) groups excluding carboxylic acids is 2. The van der Waals surface area contributed by atoms with Gasteiger partial charge in [-0.1, -0.05) is 73.2 Å². The maximum atomic E-state index is 13.2. The third-order valence-electron chi connectivity index (χ3n) is 5.38. The molecule has 0 radical (unpaired) electrons. The smallest absolute Gasteiger partial charge is 0.296 e. The number of ether oxygens (including phenoxy) is 1. The first-order chi connectivity index (χ1) is 16.5. The summed E-state index contributed by atoms with van der Waals surface area (Å²) in [5.41, 5.74) is 1.50. The van der Waals surface area contributed by atoms with Crippen LogP contribution in [0.15, 0.2) is 72.0 Å². The number of aromatic nitrogens is 2. The van der Waals surface area contributed by atoms with Gasteiger partial charge in [-0.2, -0.15) is 0 Å². The molecule has 3 aromatic rings. The van der Waals surface area contributed by atoms with Crippen molar-refractivity contribution in [2.45, 2.75) is 32.7 Å². The first kappa shape index (κ1) is 23.4. The minimum atomic E-state index is -0.836. The van der Waals surface area contributed by atoms with Gasteiger partial charge >= 0.3 is 0 Å². The van der Waals surface area contributed by atoms with E-state index < -0.39 is 23.5 Å². The third kappa shape index (κ3) is 4.92. The maximum Gasteiger partial charge on any atom is 0.296 e. The van der Waals surface area contributed by atoms with Gasteiger partial charge in [-0.3, -0.25) is 14.5 Å². The molecular weight excluding hydrogens is 450 g/mol. The summed E-state index contributed by atoms with van der Waals surface area (Å²) in [6.07, 6.45) is 5.02. The second kappa shape index (κ2) is 10.4. The van der Waals surface area contributed by atoms with Crippen molar-refractivity contribution in [1.29, 1.82) is 0 Å². The van der Waals surface area contributed by atoms with Gasteiger partial charge in [-0.15, -0.1) is 10.2 Å². The zero-order chi connectivity index (χ0) is 24.1. The highest BCUT2D eigenvalue weighted by atomic mass is 32.1. The fourth-order valence-electron chi connectivity index (χ4n) is 3.66. The van der Waals surface area contributed by atoms with Gasteiger partial charge in [0.2, 0.25) is 5.13 Å². The van der Waals surface area contributed by atoms with Crippen molar-refractivity contribution in [2.75, 3.05) is 11.5 Å². The second-order valence-corrected chi connectivity index (χ2v) is 8.98. The summed E-state index contributed by atoms with van der Waals surface area (Å²) in [6, 6.07) is 15.7. The molecule has 1 N–H and O–H groups in total. The van der Waals surface area contributed by atoms with Gasteiger partial charge in [0, 0.05) is 0 Å². The Morgan fingerprint density at radius 1 is 1.15 bits per heavy atom. The number of aryl methyl sites for hydroxylation is 1. The number of allylic oxidation sites excluding steroid dienone is 1. The number of aliphatic hydroxyl groups is 1.